The van der Waals surface area contributed by atoms with Gasteiger partial charge in [0.15, 0.2) is 0 Å². The van der Waals surface area contributed by atoms with Crippen molar-refractivity contribution in [1.82, 2.24) is 4.98 Å². The molecule has 2 rings (SSSR count). The van der Waals surface area contributed by atoms with Crippen LogP contribution >= 0.6 is 0 Å². The number of hydrogen-bond acceptors (Lipinski definition) is 2. The van der Waals surface area contributed by atoms with Crippen LogP contribution in [0.3, 0.4) is 0 Å². The van der Waals surface area contributed by atoms with Crippen molar-refractivity contribution in [3.8, 4) is 0 Å². The Hall–Kier alpha value is -2.11. The lowest BCUT2D eigenvalue weighted by Gasteiger charge is -2.14. The first-order valence-corrected chi connectivity index (χ1v) is 5.96. The Balaban J connectivity index is 2.85. The van der Waals surface area contributed by atoms with Gasteiger partial charge in [0.2, 0.25) is 0 Å². The van der Waals surface area contributed by atoms with Crippen LogP contribution in [0, 0.1) is 0 Å². The van der Waals surface area contributed by atoms with E-state index in [1.54, 1.807) is 13.8 Å². The molecule has 0 aliphatic heterocycles. The van der Waals surface area contributed by atoms with Gasteiger partial charge in [0.25, 0.3) is 0 Å². The number of aromatic nitrogens is 1. The average Bonchev–Trinajstić information content (AvgIpc) is 2.34. The highest BCUT2D eigenvalue weighted by molar-refractivity contribution is 5.95. The minimum absolute atomic E-state index is 0.0631. The zero-order valence-electron chi connectivity index (χ0n) is 10.8. The summed E-state index contributed by atoms with van der Waals surface area (Å²) in [6, 6.07) is 4.86. The van der Waals surface area contributed by atoms with Crippen LogP contribution in [0.15, 0.2) is 24.3 Å². The van der Waals surface area contributed by atoms with Crippen LogP contribution in [0.5, 0.6) is 0 Å². The van der Waals surface area contributed by atoms with Crippen molar-refractivity contribution in [2.24, 2.45) is 0 Å². The summed E-state index contributed by atoms with van der Waals surface area (Å²) in [6.07, 6.45) is -4.52. The monoisotopic (exact) mass is 283 g/mol. The van der Waals surface area contributed by atoms with E-state index in [4.69, 9.17) is 5.11 Å². The lowest BCUT2D eigenvalue weighted by molar-refractivity contribution is -0.136. The molecule has 1 N–H and O–H groups in total. The standard InChI is InChI=1S/C14H12F3NO2/c1-7(2)11-9(13(19)20)6-8-4-3-5-10(12(8)18-11)14(15,16)17/h3-7H,1-2H3,(H,19,20). The Morgan fingerprint density at radius 3 is 2.45 bits per heavy atom. The third-order valence-corrected chi connectivity index (χ3v) is 2.96. The smallest absolute Gasteiger partial charge is 0.418 e. The first kappa shape index (κ1) is 14.3. The fourth-order valence-corrected chi connectivity index (χ4v) is 2.05. The minimum atomic E-state index is -4.52. The molecule has 3 nitrogen and oxygen atoms in total. The molecule has 0 amide bonds. The quantitative estimate of drug-likeness (QED) is 0.903. The molecule has 0 atom stereocenters. The maximum absolute atomic E-state index is 13.0. The van der Waals surface area contributed by atoms with Gasteiger partial charge in [-0.05, 0) is 18.1 Å². The van der Waals surface area contributed by atoms with E-state index in [9.17, 15) is 18.0 Å². The highest BCUT2D eigenvalue weighted by Gasteiger charge is 2.33. The second-order valence-electron chi connectivity index (χ2n) is 4.76. The Labute approximate surface area is 113 Å². The van der Waals surface area contributed by atoms with Crippen molar-refractivity contribution in [2.75, 3.05) is 0 Å². The zero-order chi connectivity index (χ0) is 15.1. The van der Waals surface area contributed by atoms with Gasteiger partial charge in [-0.25, -0.2) is 4.79 Å². The van der Waals surface area contributed by atoms with Gasteiger partial charge in [-0.15, -0.1) is 0 Å². The third-order valence-electron chi connectivity index (χ3n) is 2.96. The molecule has 2 aromatic rings. The third kappa shape index (κ3) is 2.45. The van der Waals surface area contributed by atoms with Crippen LogP contribution in [0.1, 0.15) is 41.4 Å². The number of hydrogen-bond donors (Lipinski definition) is 1. The van der Waals surface area contributed by atoms with Gasteiger partial charge in [0.05, 0.1) is 22.3 Å². The first-order valence-electron chi connectivity index (χ1n) is 5.96. The van der Waals surface area contributed by atoms with Crippen molar-refractivity contribution in [2.45, 2.75) is 25.9 Å². The number of aromatic carboxylic acids is 1. The number of nitrogens with zero attached hydrogens (tertiary/aromatic N) is 1. The number of pyridine rings is 1. The normalized spacial score (nSPS) is 12.1. The molecule has 1 heterocycles. The Morgan fingerprint density at radius 2 is 1.95 bits per heavy atom. The molecule has 1 aromatic carbocycles. The van der Waals surface area contributed by atoms with E-state index in [-0.39, 0.29) is 28.1 Å². The van der Waals surface area contributed by atoms with E-state index in [1.165, 1.54) is 18.2 Å². The van der Waals surface area contributed by atoms with Crippen molar-refractivity contribution in [3.05, 3.63) is 41.1 Å². The predicted octanol–water partition coefficient (Wildman–Crippen LogP) is 4.08. The molecular weight excluding hydrogens is 271 g/mol. The maximum Gasteiger partial charge on any atom is 0.418 e. The lowest BCUT2D eigenvalue weighted by atomic mass is 10.00. The van der Waals surface area contributed by atoms with Crippen molar-refractivity contribution >= 4 is 16.9 Å². The minimum Gasteiger partial charge on any atom is -0.478 e. The summed E-state index contributed by atoms with van der Waals surface area (Å²) in [5, 5.41) is 9.31. The summed E-state index contributed by atoms with van der Waals surface area (Å²) < 4.78 is 38.9. The summed E-state index contributed by atoms with van der Waals surface area (Å²) >= 11 is 0. The molecule has 0 saturated heterocycles. The maximum atomic E-state index is 13.0. The van der Waals surface area contributed by atoms with Crippen LogP contribution in [-0.4, -0.2) is 16.1 Å². The summed E-state index contributed by atoms with van der Waals surface area (Å²) in [7, 11) is 0. The van der Waals surface area contributed by atoms with E-state index in [0.717, 1.165) is 6.07 Å². The molecule has 0 bridgehead atoms. The molecule has 1 aromatic heterocycles. The molecule has 0 fully saturated rings. The lowest BCUT2D eigenvalue weighted by Crippen LogP contribution is -2.11. The van der Waals surface area contributed by atoms with E-state index < -0.39 is 17.7 Å². The first-order chi connectivity index (χ1) is 9.21. The molecule has 20 heavy (non-hydrogen) atoms. The SMILES string of the molecule is CC(C)c1nc2c(C(F)(F)F)cccc2cc1C(=O)O. The van der Waals surface area contributed by atoms with E-state index in [1.807, 2.05) is 0 Å². The predicted molar refractivity (Wildman–Crippen MR) is 67.8 cm³/mol. The summed E-state index contributed by atoms with van der Waals surface area (Å²) in [6.45, 7) is 3.38. The number of para-hydroxylation sites is 1. The van der Waals surface area contributed by atoms with Crippen LogP contribution in [-0.2, 0) is 6.18 Å². The van der Waals surface area contributed by atoms with Gasteiger partial charge in [-0.3, -0.25) is 4.98 Å². The van der Waals surface area contributed by atoms with Crippen LogP contribution in [0.2, 0.25) is 0 Å². The highest BCUT2D eigenvalue weighted by atomic mass is 19.4. The Morgan fingerprint density at radius 1 is 1.30 bits per heavy atom. The fourth-order valence-electron chi connectivity index (χ4n) is 2.05. The molecule has 0 spiro atoms. The van der Waals surface area contributed by atoms with E-state index in [0.29, 0.717) is 0 Å². The molecule has 0 radical (unpaired) electrons. The van der Waals surface area contributed by atoms with Gasteiger partial charge < -0.3 is 5.11 Å². The zero-order valence-corrected chi connectivity index (χ0v) is 10.8. The molecule has 0 aliphatic carbocycles. The summed E-state index contributed by atoms with van der Waals surface area (Å²) in [5.41, 5.74) is -0.976. The van der Waals surface area contributed by atoms with Gasteiger partial charge in [0, 0.05) is 5.39 Å². The number of carboxylic acid groups (broad SMARTS) is 1. The number of benzene rings is 1. The van der Waals surface area contributed by atoms with E-state index >= 15 is 0 Å². The molecule has 0 unspecified atom stereocenters. The Bertz CT molecular complexity index is 678. The molecule has 6 heteroatoms. The largest absolute Gasteiger partial charge is 0.478 e. The second kappa shape index (κ2) is 4.77. The second-order valence-corrected chi connectivity index (χ2v) is 4.76. The van der Waals surface area contributed by atoms with Gasteiger partial charge in [-0.1, -0.05) is 26.0 Å². The van der Waals surface area contributed by atoms with Crippen molar-refractivity contribution < 1.29 is 23.1 Å². The number of halogens is 3. The van der Waals surface area contributed by atoms with Gasteiger partial charge in [-0.2, -0.15) is 13.2 Å². The Kier molecular flexibility index (Phi) is 3.41. The average molecular weight is 283 g/mol. The van der Waals surface area contributed by atoms with Gasteiger partial charge in [0.1, 0.15) is 0 Å². The fraction of sp³-hybridized carbons (Fsp3) is 0.286. The van der Waals surface area contributed by atoms with Crippen LogP contribution in [0.4, 0.5) is 13.2 Å². The number of carbonyl (C=O) groups is 1. The molecular formula is C14H12F3NO2. The van der Waals surface area contributed by atoms with Crippen LogP contribution < -0.4 is 0 Å². The number of rotatable bonds is 2. The molecule has 106 valence electrons. The number of alkyl halides is 3. The topological polar surface area (TPSA) is 50.2 Å². The summed E-state index contributed by atoms with van der Waals surface area (Å²) in [4.78, 5) is 15.2. The molecule has 0 aliphatic rings. The van der Waals surface area contributed by atoms with Crippen LogP contribution in [0.25, 0.3) is 10.9 Å². The van der Waals surface area contributed by atoms with Gasteiger partial charge >= 0.3 is 12.1 Å². The summed E-state index contributed by atoms with van der Waals surface area (Å²) in [5.74, 6) is -1.48. The number of fused-ring (bicyclic) bond motifs is 1. The van der Waals surface area contributed by atoms with Crippen molar-refractivity contribution in [1.29, 1.82) is 0 Å². The van der Waals surface area contributed by atoms with Crippen molar-refractivity contribution in [3.63, 3.8) is 0 Å². The van der Waals surface area contributed by atoms with E-state index in [2.05, 4.69) is 4.98 Å². The molecule has 0 saturated carbocycles. The number of carboxylic acids is 1. The highest BCUT2D eigenvalue weighted by Crippen LogP contribution is 2.35.